The molecular formula is C11H17NO. The van der Waals surface area contributed by atoms with Crippen LogP contribution in [0.15, 0.2) is 24.5 Å². The second-order valence-corrected chi connectivity index (χ2v) is 3.05. The molecule has 0 saturated carbocycles. The molecule has 1 heterocycles. The maximum absolute atomic E-state index is 5.41. The predicted octanol–water partition coefficient (Wildman–Crippen LogP) is 2.61. The molecule has 0 spiro atoms. The molecule has 1 atom stereocenters. The van der Waals surface area contributed by atoms with E-state index in [1.54, 1.807) is 6.20 Å². The van der Waals surface area contributed by atoms with Crippen LogP contribution in [0.4, 0.5) is 0 Å². The van der Waals surface area contributed by atoms with Crippen molar-refractivity contribution < 1.29 is 4.74 Å². The van der Waals surface area contributed by atoms with Gasteiger partial charge in [-0.1, -0.05) is 13.0 Å². The molecule has 72 valence electrons. The van der Waals surface area contributed by atoms with Crippen molar-refractivity contribution in [2.75, 3.05) is 13.2 Å². The molecule has 1 rings (SSSR count). The maximum Gasteiger partial charge on any atom is 0.0535 e. The number of hydrogen-bond donors (Lipinski definition) is 0. The van der Waals surface area contributed by atoms with Crippen LogP contribution in [0.1, 0.15) is 31.7 Å². The average Bonchev–Trinajstić information content (AvgIpc) is 2.21. The molecule has 0 saturated heterocycles. The van der Waals surface area contributed by atoms with Gasteiger partial charge in [0.2, 0.25) is 0 Å². The van der Waals surface area contributed by atoms with Gasteiger partial charge in [-0.3, -0.25) is 4.98 Å². The molecule has 1 aromatic rings. The molecule has 0 bridgehead atoms. The Morgan fingerprint density at radius 3 is 2.85 bits per heavy atom. The van der Waals surface area contributed by atoms with Crippen molar-refractivity contribution in [2.45, 2.75) is 26.2 Å². The Kier molecular flexibility index (Phi) is 4.47. The van der Waals surface area contributed by atoms with Crippen LogP contribution < -0.4 is 0 Å². The fourth-order valence-corrected chi connectivity index (χ4v) is 1.33. The lowest BCUT2D eigenvalue weighted by Gasteiger charge is -2.13. The molecule has 0 radical (unpaired) electrons. The van der Waals surface area contributed by atoms with Gasteiger partial charge in [-0.15, -0.1) is 0 Å². The molecule has 0 aliphatic carbocycles. The molecule has 2 nitrogen and oxygen atoms in total. The van der Waals surface area contributed by atoms with Crippen LogP contribution in [0, 0.1) is 0 Å². The van der Waals surface area contributed by atoms with E-state index in [1.165, 1.54) is 5.56 Å². The monoisotopic (exact) mass is 179 g/mol. The van der Waals surface area contributed by atoms with Gasteiger partial charge in [-0.2, -0.15) is 0 Å². The third kappa shape index (κ3) is 3.15. The van der Waals surface area contributed by atoms with Crippen molar-refractivity contribution in [2.24, 2.45) is 0 Å². The van der Waals surface area contributed by atoms with E-state index < -0.39 is 0 Å². The van der Waals surface area contributed by atoms with Gasteiger partial charge in [0.25, 0.3) is 0 Å². The van der Waals surface area contributed by atoms with Crippen molar-refractivity contribution in [3.05, 3.63) is 30.1 Å². The Balaban J connectivity index is 2.56. The fraction of sp³-hybridized carbons (Fsp3) is 0.545. The molecule has 0 N–H and O–H groups in total. The Morgan fingerprint density at radius 2 is 2.31 bits per heavy atom. The molecule has 0 aromatic carbocycles. The molecule has 2 heteroatoms. The summed E-state index contributed by atoms with van der Waals surface area (Å²) >= 11 is 0. The second-order valence-electron chi connectivity index (χ2n) is 3.05. The lowest BCUT2D eigenvalue weighted by Crippen LogP contribution is -2.07. The van der Waals surface area contributed by atoms with E-state index in [4.69, 9.17) is 4.74 Å². The van der Waals surface area contributed by atoms with Crippen LogP contribution >= 0.6 is 0 Å². The number of pyridine rings is 1. The van der Waals surface area contributed by atoms with E-state index in [1.807, 2.05) is 19.2 Å². The zero-order chi connectivity index (χ0) is 9.52. The van der Waals surface area contributed by atoms with E-state index in [-0.39, 0.29) is 0 Å². The van der Waals surface area contributed by atoms with Crippen molar-refractivity contribution in [1.82, 2.24) is 4.98 Å². The number of ether oxygens (including phenoxy) is 1. The van der Waals surface area contributed by atoms with Gasteiger partial charge in [-0.25, -0.2) is 0 Å². The average molecular weight is 179 g/mol. The Morgan fingerprint density at radius 1 is 1.46 bits per heavy atom. The third-order valence-corrected chi connectivity index (χ3v) is 2.17. The van der Waals surface area contributed by atoms with Gasteiger partial charge in [0, 0.05) is 24.9 Å². The first kappa shape index (κ1) is 10.2. The summed E-state index contributed by atoms with van der Waals surface area (Å²) in [5.41, 5.74) is 1.28. The lowest BCUT2D eigenvalue weighted by molar-refractivity contribution is 0.131. The maximum atomic E-state index is 5.41. The number of hydrogen-bond acceptors (Lipinski definition) is 2. The molecule has 0 aliphatic heterocycles. The second kappa shape index (κ2) is 5.70. The van der Waals surface area contributed by atoms with Crippen molar-refractivity contribution in [1.29, 1.82) is 0 Å². The topological polar surface area (TPSA) is 22.1 Å². The first-order chi connectivity index (χ1) is 6.38. The quantitative estimate of drug-likeness (QED) is 0.693. The van der Waals surface area contributed by atoms with Gasteiger partial charge in [0.05, 0.1) is 6.61 Å². The number of rotatable bonds is 5. The highest BCUT2D eigenvalue weighted by Crippen LogP contribution is 2.18. The van der Waals surface area contributed by atoms with E-state index in [9.17, 15) is 0 Å². The normalized spacial score (nSPS) is 12.8. The van der Waals surface area contributed by atoms with Crippen molar-refractivity contribution >= 4 is 0 Å². The molecular weight excluding hydrogens is 162 g/mol. The van der Waals surface area contributed by atoms with Gasteiger partial charge < -0.3 is 4.74 Å². The summed E-state index contributed by atoms with van der Waals surface area (Å²) < 4.78 is 5.41. The van der Waals surface area contributed by atoms with Gasteiger partial charge in [0.15, 0.2) is 0 Å². The highest BCUT2D eigenvalue weighted by Gasteiger charge is 2.08. The fourth-order valence-electron chi connectivity index (χ4n) is 1.33. The van der Waals surface area contributed by atoms with Crippen molar-refractivity contribution in [3.63, 3.8) is 0 Å². The van der Waals surface area contributed by atoms with E-state index >= 15 is 0 Å². The van der Waals surface area contributed by atoms with Gasteiger partial charge in [-0.05, 0) is 25.0 Å². The first-order valence-electron chi connectivity index (χ1n) is 4.86. The molecule has 1 unspecified atom stereocenters. The van der Waals surface area contributed by atoms with E-state index in [0.717, 1.165) is 19.6 Å². The Bertz CT molecular complexity index is 223. The Hall–Kier alpha value is -0.890. The molecule has 1 aromatic heterocycles. The zero-order valence-corrected chi connectivity index (χ0v) is 8.36. The van der Waals surface area contributed by atoms with Crippen LogP contribution in [0.2, 0.25) is 0 Å². The summed E-state index contributed by atoms with van der Waals surface area (Å²) in [6, 6.07) is 4.09. The minimum atomic E-state index is 0.494. The van der Waals surface area contributed by atoms with Crippen LogP contribution in [0.3, 0.4) is 0 Å². The summed E-state index contributed by atoms with van der Waals surface area (Å²) in [4.78, 5) is 4.11. The van der Waals surface area contributed by atoms with Crippen LogP contribution in [-0.4, -0.2) is 18.2 Å². The lowest BCUT2D eigenvalue weighted by atomic mass is 9.99. The SMILES string of the molecule is CCOCC(CC)c1cccnc1. The van der Waals surface area contributed by atoms with Crippen molar-refractivity contribution in [3.8, 4) is 0 Å². The van der Waals surface area contributed by atoms with Gasteiger partial charge >= 0.3 is 0 Å². The predicted molar refractivity (Wildman–Crippen MR) is 53.8 cm³/mol. The summed E-state index contributed by atoms with van der Waals surface area (Å²) in [6.45, 7) is 5.79. The van der Waals surface area contributed by atoms with Gasteiger partial charge in [0.1, 0.15) is 0 Å². The summed E-state index contributed by atoms with van der Waals surface area (Å²) in [5, 5.41) is 0. The molecule has 0 amide bonds. The molecule has 13 heavy (non-hydrogen) atoms. The zero-order valence-electron chi connectivity index (χ0n) is 8.36. The summed E-state index contributed by atoms with van der Waals surface area (Å²) in [6.07, 6.45) is 4.83. The summed E-state index contributed by atoms with van der Waals surface area (Å²) in [7, 11) is 0. The molecule has 0 fully saturated rings. The third-order valence-electron chi connectivity index (χ3n) is 2.17. The molecule has 0 aliphatic rings. The largest absolute Gasteiger partial charge is 0.381 e. The van der Waals surface area contributed by atoms with Crippen LogP contribution in [0.25, 0.3) is 0 Å². The minimum Gasteiger partial charge on any atom is -0.381 e. The van der Waals surface area contributed by atoms with Crippen LogP contribution in [-0.2, 0) is 4.74 Å². The van der Waals surface area contributed by atoms with E-state index in [2.05, 4.69) is 18.0 Å². The summed E-state index contributed by atoms with van der Waals surface area (Å²) in [5.74, 6) is 0.494. The first-order valence-corrected chi connectivity index (χ1v) is 4.86. The number of nitrogens with zero attached hydrogens (tertiary/aromatic N) is 1. The standard InChI is InChI=1S/C11H17NO/c1-3-10(9-13-4-2)11-6-5-7-12-8-11/h5-8,10H,3-4,9H2,1-2H3. The van der Waals surface area contributed by atoms with Crippen LogP contribution in [0.5, 0.6) is 0 Å². The smallest absolute Gasteiger partial charge is 0.0535 e. The van der Waals surface area contributed by atoms with E-state index in [0.29, 0.717) is 5.92 Å². The Labute approximate surface area is 80.0 Å². The highest BCUT2D eigenvalue weighted by atomic mass is 16.5. The minimum absolute atomic E-state index is 0.494. The number of aromatic nitrogens is 1. The highest BCUT2D eigenvalue weighted by molar-refractivity contribution is 5.14.